The molecule has 0 saturated carbocycles. The predicted octanol–water partition coefficient (Wildman–Crippen LogP) is 2.26. The van der Waals surface area contributed by atoms with Crippen LogP contribution in [0.25, 0.3) is 11.0 Å². The van der Waals surface area contributed by atoms with Gasteiger partial charge in [0.2, 0.25) is 0 Å². The molecule has 0 aliphatic carbocycles. The topological polar surface area (TPSA) is 64.4 Å². The summed E-state index contributed by atoms with van der Waals surface area (Å²) in [6.07, 6.45) is 3.69. The van der Waals surface area contributed by atoms with Gasteiger partial charge in [0.05, 0.1) is 22.9 Å². The normalized spacial score (nSPS) is 18.6. The maximum atomic E-state index is 11.0. The third-order valence-corrected chi connectivity index (χ3v) is 3.95. The standard InChI is InChI=1S/C14H16N2O3/c1-14(4-6-19-7-5-14)16-9-15-11-8-10(13(17)18)2-3-12(11)16/h2-3,8-9H,4-7H2,1H3,(H,17,18). The maximum absolute atomic E-state index is 11.0. The fourth-order valence-corrected chi connectivity index (χ4v) is 2.63. The molecule has 2 heterocycles. The Labute approximate surface area is 110 Å². The Kier molecular flexibility index (Phi) is 2.78. The lowest BCUT2D eigenvalue weighted by atomic mass is 9.92. The lowest BCUT2D eigenvalue weighted by molar-refractivity contribution is 0.0311. The first-order chi connectivity index (χ1) is 9.10. The first-order valence-corrected chi connectivity index (χ1v) is 6.39. The van der Waals surface area contributed by atoms with Crippen LogP contribution in [0.3, 0.4) is 0 Å². The molecule has 5 nitrogen and oxygen atoms in total. The van der Waals surface area contributed by atoms with E-state index in [0.717, 1.165) is 37.1 Å². The fraction of sp³-hybridized carbons (Fsp3) is 0.429. The van der Waals surface area contributed by atoms with Crippen molar-refractivity contribution in [2.75, 3.05) is 13.2 Å². The number of imidazole rings is 1. The summed E-state index contributed by atoms with van der Waals surface area (Å²) < 4.78 is 7.56. The number of carboxylic acid groups (broad SMARTS) is 1. The Hall–Kier alpha value is -1.88. The summed E-state index contributed by atoms with van der Waals surface area (Å²) in [5.74, 6) is -0.922. The molecule has 0 bridgehead atoms. The zero-order valence-electron chi connectivity index (χ0n) is 10.8. The zero-order valence-corrected chi connectivity index (χ0v) is 10.8. The van der Waals surface area contributed by atoms with Gasteiger partial charge in [0.25, 0.3) is 0 Å². The van der Waals surface area contributed by atoms with Crippen LogP contribution in [0.15, 0.2) is 24.5 Å². The lowest BCUT2D eigenvalue weighted by Gasteiger charge is -2.35. The van der Waals surface area contributed by atoms with Gasteiger partial charge >= 0.3 is 5.97 Å². The van der Waals surface area contributed by atoms with Crippen LogP contribution in [-0.2, 0) is 10.3 Å². The molecule has 0 atom stereocenters. The van der Waals surface area contributed by atoms with Crippen LogP contribution in [0.1, 0.15) is 30.1 Å². The highest BCUT2D eigenvalue weighted by Gasteiger charge is 2.30. The van der Waals surface area contributed by atoms with Crippen LogP contribution in [0, 0.1) is 0 Å². The molecule has 0 amide bonds. The van der Waals surface area contributed by atoms with Gasteiger partial charge in [-0.15, -0.1) is 0 Å². The minimum atomic E-state index is -0.922. The molecule has 5 heteroatoms. The van der Waals surface area contributed by atoms with Gasteiger partial charge in [-0.1, -0.05) is 0 Å². The molecule has 1 fully saturated rings. The molecule has 1 aliphatic heterocycles. The van der Waals surface area contributed by atoms with Gasteiger partial charge in [-0.3, -0.25) is 0 Å². The fourth-order valence-electron chi connectivity index (χ4n) is 2.63. The summed E-state index contributed by atoms with van der Waals surface area (Å²) in [4.78, 5) is 15.3. The molecule has 0 radical (unpaired) electrons. The van der Waals surface area contributed by atoms with Gasteiger partial charge in [0.1, 0.15) is 0 Å². The average Bonchev–Trinajstić information content (AvgIpc) is 2.83. The van der Waals surface area contributed by atoms with Crippen molar-refractivity contribution in [3.05, 3.63) is 30.1 Å². The first-order valence-electron chi connectivity index (χ1n) is 6.39. The van der Waals surface area contributed by atoms with Crippen LogP contribution >= 0.6 is 0 Å². The quantitative estimate of drug-likeness (QED) is 0.899. The van der Waals surface area contributed by atoms with Crippen LogP contribution in [0.2, 0.25) is 0 Å². The van der Waals surface area contributed by atoms with Crippen LogP contribution in [0.5, 0.6) is 0 Å². The van der Waals surface area contributed by atoms with E-state index in [4.69, 9.17) is 9.84 Å². The van der Waals surface area contributed by atoms with Crippen molar-refractivity contribution in [1.82, 2.24) is 9.55 Å². The molecule has 3 rings (SSSR count). The smallest absolute Gasteiger partial charge is 0.335 e. The van der Waals surface area contributed by atoms with Crippen molar-refractivity contribution in [1.29, 1.82) is 0 Å². The molecule has 0 unspecified atom stereocenters. The zero-order chi connectivity index (χ0) is 13.5. The largest absolute Gasteiger partial charge is 0.478 e. The first kappa shape index (κ1) is 12.2. The Bertz CT molecular complexity index is 627. The van der Waals surface area contributed by atoms with Crippen molar-refractivity contribution < 1.29 is 14.6 Å². The molecule has 1 aliphatic rings. The molecule has 2 aromatic rings. The van der Waals surface area contributed by atoms with E-state index >= 15 is 0 Å². The Morgan fingerprint density at radius 2 is 2.16 bits per heavy atom. The summed E-state index contributed by atoms with van der Waals surface area (Å²) in [6.45, 7) is 3.70. The van der Waals surface area contributed by atoms with Crippen molar-refractivity contribution in [2.24, 2.45) is 0 Å². The lowest BCUT2D eigenvalue weighted by Crippen LogP contribution is -2.36. The average molecular weight is 260 g/mol. The number of carboxylic acids is 1. The van der Waals surface area contributed by atoms with E-state index in [9.17, 15) is 4.79 Å². The van der Waals surface area contributed by atoms with Gasteiger partial charge in [0.15, 0.2) is 0 Å². The number of benzene rings is 1. The number of aromatic nitrogens is 2. The van der Waals surface area contributed by atoms with E-state index in [1.807, 2.05) is 12.4 Å². The van der Waals surface area contributed by atoms with Crippen LogP contribution < -0.4 is 0 Å². The van der Waals surface area contributed by atoms with E-state index in [2.05, 4.69) is 16.5 Å². The van der Waals surface area contributed by atoms with E-state index in [1.54, 1.807) is 12.1 Å². The molecule has 1 saturated heterocycles. The van der Waals surface area contributed by atoms with Crippen LogP contribution in [-0.4, -0.2) is 33.8 Å². The van der Waals surface area contributed by atoms with E-state index < -0.39 is 5.97 Å². The number of hydrogen-bond acceptors (Lipinski definition) is 3. The number of rotatable bonds is 2. The van der Waals surface area contributed by atoms with E-state index in [1.165, 1.54) is 0 Å². The van der Waals surface area contributed by atoms with Crippen molar-refractivity contribution in [2.45, 2.75) is 25.3 Å². The highest BCUT2D eigenvalue weighted by Crippen LogP contribution is 2.31. The monoisotopic (exact) mass is 260 g/mol. The molecule has 0 spiro atoms. The molecule has 1 N–H and O–H groups in total. The number of fused-ring (bicyclic) bond motifs is 1. The second-order valence-corrected chi connectivity index (χ2v) is 5.23. The Morgan fingerprint density at radius 1 is 1.42 bits per heavy atom. The Morgan fingerprint density at radius 3 is 2.84 bits per heavy atom. The summed E-state index contributed by atoms with van der Waals surface area (Å²) in [5.41, 5.74) is 1.98. The second kappa shape index (κ2) is 4.35. The molecule has 1 aromatic carbocycles. The molecule has 1 aromatic heterocycles. The predicted molar refractivity (Wildman–Crippen MR) is 70.4 cm³/mol. The number of ether oxygens (including phenoxy) is 1. The molecule has 100 valence electrons. The summed E-state index contributed by atoms with van der Waals surface area (Å²) >= 11 is 0. The molecular weight excluding hydrogens is 244 g/mol. The van der Waals surface area contributed by atoms with E-state index in [0.29, 0.717) is 0 Å². The third kappa shape index (κ3) is 2.00. The van der Waals surface area contributed by atoms with Crippen molar-refractivity contribution in [3.63, 3.8) is 0 Å². The highest BCUT2D eigenvalue weighted by atomic mass is 16.5. The van der Waals surface area contributed by atoms with Gasteiger partial charge in [0, 0.05) is 18.8 Å². The van der Waals surface area contributed by atoms with Crippen molar-refractivity contribution >= 4 is 17.0 Å². The SMILES string of the molecule is CC1(n2cnc3cc(C(=O)O)ccc32)CCOCC1. The van der Waals surface area contributed by atoms with Gasteiger partial charge < -0.3 is 14.4 Å². The summed E-state index contributed by atoms with van der Waals surface area (Å²) in [5, 5.41) is 9.00. The Balaban J connectivity index is 2.08. The second-order valence-electron chi connectivity index (χ2n) is 5.23. The van der Waals surface area contributed by atoms with Gasteiger partial charge in [-0.05, 0) is 38.0 Å². The van der Waals surface area contributed by atoms with E-state index in [-0.39, 0.29) is 11.1 Å². The number of aromatic carboxylic acids is 1. The maximum Gasteiger partial charge on any atom is 0.335 e. The minimum Gasteiger partial charge on any atom is -0.478 e. The highest BCUT2D eigenvalue weighted by molar-refractivity contribution is 5.92. The molecule has 19 heavy (non-hydrogen) atoms. The molecular formula is C14H16N2O3. The summed E-state index contributed by atoms with van der Waals surface area (Å²) in [6, 6.07) is 5.09. The number of carbonyl (C=O) groups is 1. The number of hydrogen-bond donors (Lipinski definition) is 1. The van der Waals surface area contributed by atoms with Gasteiger partial charge in [-0.2, -0.15) is 0 Å². The minimum absolute atomic E-state index is 0.00224. The van der Waals surface area contributed by atoms with Crippen molar-refractivity contribution in [3.8, 4) is 0 Å². The summed E-state index contributed by atoms with van der Waals surface area (Å²) in [7, 11) is 0. The van der Waals surface area contributed by atoms with Crippen LogP contribution in [0.4, 0.5) is 0 Å². The third-order valence-electron chi connectivity index (χ3n) is 3.95. The number of nitrogens with zero attached hydrogens (tertiary/aromatic N) is 2. The van der Waals surface area contributed by atoms with Gasteiger partial charge in [-0.25, -0.2) is 9.78 Å².